The van der Waals surface area contributed by atoms with Crippen molar-refractivity contribution >= 4 is 5.91 Å². The summed E-state index contributed by atoms with van der Waals surface area (Å²) in [7, 11) is 0. The molecule has 0 spiro atoms. The monoisotopic (exact) mass is 305 g/mol. The predicted octanol–water partition coefficient (Wildman–Crippen LogP) is 1.67. The van der Waals surface area contributed by atoms with Gasteiger partial charge in [0.05, 0.1) is 13.2 Å². The van der Waals surface area contributed by atoms with E-state index in [9.17, 15) is 4.79 Å². The molecule has 5 nitrogen and oxygen atoms in total. The SMILES string of the molecule is CC[C@@H](C(=O)NCC1(CN2CCOCC2)CC1)n1cccc1. The molecule has 0 bridgehead atoms. The fraction of sp³-hybridized carbons (Fsp3) is 0.706. The van der Waals surface area contributed by atoms with Crippen molar-refractivity contribution in [3.8, 4) is 0 Å². The first-order chi connectivity index (χ1) is 10.7. The molecule has 1 aliphatic carbocycles. The van der Waals surface area contributed by atoms with Gasteiger partial charge in [0.1, 0.15) is 6.04 Å². The van der Waals surface area contributed by atoms with Gasteiger partial charge in [-0.25, -0.2) is 0 Å². The first-order valence-electron chi connectivity index (χ1n) is 8.43. The number of morpholine rings is 1. The van der Waals surface area contributed by atoms with Crippen LogP contribution in [0.4, 0.5) is 0 Å². The third kappa shape index (κ3) is 3.70. The van der Waals surface area contributed by atoms with Crippen LogP contribution in [0.25, 0.3) is 0 Å². The lowest BCUT2D eigenvalue weighted by Gasteiger charge is -2.31. The molecule has 22 heavy (non-hydrogen) atoms. The van der Waals surface area contributed by atoms with Crippen LogP contribution in [-0.2, 0) is 9.53 Å². The van der Waals surface area contributed by atoms with Crippen LogP contribution in [0.2, 0.25) is 0 Å². The van der Waals surface area contributed by atoms with E-state index in [0.717, 1.165) is 45.8 Å². The Kier molecular flexibility index (Phi) is 4.84. The van der Waals surface area contributed by atoms with Crippen molar-refractivity contribution in [3.05, 3.63) is 24.5 Å². The zero-order chi connectivity index (χ0) is 15.4. The number of aromatic nitrogens is 1. The topological polar surface area (TPSA) is 46.5 Å². The van der Waals surface area contributed by atoms with Gasteiger partial charge in [0.25, 0.3) is 0 Å². The lowest BCUT2D eigenvalue weighted by atomic mass is 10.1. The molecule has 0 aromatic carbocycles. The van der Waals surface area contributed by atoms with E-state index in [0.29, 0.717) is 5.41 Å². The number of amides is 1. The summed E-state index contributed by atoms with van der Waals surface area (Å²) in [5.74, 6) is 0.145. The Morgan fingerprint density at radius 1 is 1.27 bits per heavy atom. The minimum atomic E-state index is -0.0887. The van der Waals surface area contributed by atoms with Gasteiger partial charge in [-0.1, -0.05) is 6.92 Å². The summed E-state index contributed by atoms with van der Waals surface area (Å²) in [6, 6.07) is 3.85. The zero-order valence-corrected chi connectivity index (χ0v) is 13.5. The smallest absolute Gasteiger partial charge is 0.243 e. The van der Waals surface area contributed by atoms with Gasteiger partial charge in [-0.15, -0.1) is 0 Å². The van der Waals surface area contributed by atoms with E-state index in [2.05, 4.69) is 17.1 Å². The summed E-state index contributed by atoms with van der Waals surface area (Å²) in [5, 5.41) is 3.20. The van der Waals surface area contributed by atoms with E-state index in [1.54, 1.807) is 0 Å². The second-order valence-corrected chi connectivity index (χ2v) is 6.66. The van der Waals surface area contributed by atoms with Crippen LogP contribution < -0.4 is 5.32 Å². The third-order valence-electron chi connectivity index (χ3n) is 4.93. The van der Waals surface area contributed by atoms with Crippen molar-refractivity contribution in [1.29, 1.82) is 0 Å². The normalized spacial score (nSPS) is 22.2. The molecule has 3 rings (SSSR count). The molecule has 0 unspecified atom stereocenters. The number of rotatable bonds is 7. The second kappa shape index (κ2) is 6.84. The molecule has 2 aliphatic rings. The fourth-order valence-electron chi connectivity index (χ4n) is 3.28. The minimum absolute atomic E-state index is 0.0887. The summed E-state index contributed by atoms with van der Waals surface area (Å²) >= 11 is 0. The Bertz CT molecular complexity index is 476. The molecule has 5 heteroatoms. The molecule has 122 valence electrons. The van der Waals surface area contributed by atoms with Gasteiger partial charge in [-0.2, -0.15) is 0 Å². The standard InChI is InChI=1S/C17H27N3O2/c1-2-15(20-7-3-4-8-20)16(21)18-13-17(5-6-17)14-19-9-11-22-12-10-19/h3-4,7-8,15H,2,5-6,9-14H2,1H3,(H,18,21)/t15-/m0/s1. The molecular formula is C17H27N3O2. The van der Waals surface area contributed by atoms with Crippen molar-refractivity contribution in [2.75, 3.05) is 39.4 Å². The number of hydrogen-bond acceptors (Lipinski definition) is 3. The van der Waals surface area contributed by atoms with Crippen LogP contribution in [0, 0.1) is 5.41 Å². The average molecular weight is 305 g/mol. The van der Waals surface area contributed by atoms with Crippen molar-refractivity contribution in [1.82, 2.24) is 14.8 Å². The van der Waals surface area contributed by atoms with Gasteiger partial charge in [0, 0.05) is 44.0 Å². The fourth-order valence-corrected chi connectivity index (χ4v) is 3.28. The largest absolute Gasteiger partial charge is 0.379 e. The van der Waals surface area contributed by atoms with Crippen molar-refractivity contribution < 1.29 is 9.53 Å². The second-order valence-electron chi connectivity index (χ2n) is 6.66. The van der Waals surface area contributed by atoms with Crippen LogP contribution in [0.3, 0.4) is 0 Å². The van der Waals surface area contributed by atoms with Crippen molar-refractivity contribution in [2.45, 2.75) is 32.2 Å². The molecule has 1 aromatic heterocycles. The molecule has 1 aromatic rings. The molecular weight excluding hydrogens is 278 g/mol. The number of nitrogens with one attached hydrogen (secondary N) is 1. The van der Waals surface area contributed by atoms with E-state index in [1.807, 2.05) is 29.1 Å². The number of carbonyl (C=O) groups excluding carboxylic acids is 1. The molecule has 1 amide bonds. The molecule has 1 atom stereocenters. The zero-order valence-electron chi connectivity index (χ0n) is 13.5. The van der Waals surface area contributed by atoms with Crippen LogP contribution in [-0.4, -0.2) is 54.8 Å². The predicted molar refractivity (Wildman–Crippen MR) is 85.7 cm³/mol. The van der Waals surface area contributed by atoms with Gasteiger partial charge in [0.15, 0.2) is 0 Å². The highest BCUT2D eigenvalue weighted by atomic mass is 16.5. The van der Waals surface area contributed by atoms with Gasteiger partial charge < -0.3 is 14.6 Å². The Labute approximate surface area is 132 Å². The molecule has 2 heterocycles. The Balaban J connectivity index is 1.49. The van der Waals surface area contributed by atoms with E-state index in [4.69, 9.17) is 4.74 Å². The first-order valence-corrected chi connectivity index (χ1v) is 8.43. The van der Waals surface area contributed by atoms with Crippen LogP contribution >= 0.6 is 0 Å². The first kappa shape index (κ1) is 15.6. The number of carbonyl (C=O) groups is 1. The number of nitrogens with zero attached hydrogens (tertiary/aromatic N) is 2. The summed E-state index contributed by atoms with van der Waals surface area (Å²) in [6.07, 6.45) is 7.20. The maximum absolute atomic E-state index is 12.5. The van der Waals surface area contributed by atoms with Crippen LogP contribution in [0.15, 0.2) is 24.5 Å². The minimum Gasteiger partial charge on any atom is -0.379 e. The molecule has 1 N–H and O–H groups in total. The quantitative estimate of drug-likeness (QED) is 0.833. The highest BCUT2D eigenvalue weighted by Crippen LogP contribution is 2.45. The van der Waals surface area contributed by atoms with E-state index in [-0.39, 0.29) is 11.9 Å². The maximum Gasteiger partial charge on any atom is 0.243 e. The number of ether oxygens (including phenoxy) is 1. The van der Waals surface area contributed by atoms with Crippen molar-refractivity contribution in [2.24, 2.45) is 5.41 Å². The molecule has 2 fully saturated rings. The van der Waals surface area contributed by atoms with E-state index >= 15 is 0 Å². The molecule has 1 aliphatic heterocycles. The summed E-state index contributed by atoms with van der Waals surface area (Å²) in [5.41, 5.74) is 0.308. The maximum atomic E-state index is 12.5. The lowest BCUT2D eigenvalue weighted by Crippen LogP contribution is -2.44. The Hall–Kier alpha value is -1.33. The lowest BCUT2D eigenvalue weighted by molar-refractivity contribution is -0.124. The summed E-state index contributed by atoms with van der Waals surface area (Å²) in [4.78, 5) is 15.0. The number of hydrogen-bond donors (Lipinski definition) is 1. The summed E-state index contributed by atoms with van der Waals surface area (Å²) < 4.78 is 7.40. The highest BCUT2D eigenvalue weighted by Gasteiger charge is 2.44. The van der Waals surface area contributed by atoms with Crippen molar-refractivity contribution in [3.63, 3.8) is 0 Å². The molecule has 0 radical (unpaired) electrons. The van der Waals surface area contributed by atoms with Gasteiger partial charge in [0.2, 0.25) is 5.91 Å². The Morgan fingerprint density at radius 2 is 1.95 bits per heavy atom. The van der Waals surface area contributed by atoms with E-state index in [1.165, 1.54) is 12.8 Å². The third-order valence-corrected chi connectivity index (χ3v) is 4.93. The highest BCUT2D eigenvalue weighted by molar-refractivity contribution is 5.80. The van der Waals surface area contributed by atoms with Gasteiger partial charge in [-0.05, 0) is 31.4 Å². The Morgan fingerprint density at radius 3 is 2.55 bits per heavy atom. The molecule has 1 saturated carbocycles. The van der Waals surface area contributed by atoms with Gasteiger partial charge >= 0.3 is 0 Å². The van der Waals surface area contributed by atoms with Crippen LogP contribution in [0.1, 0.15) is 32.2 Å². The average Bonchev–Trinajstić information content (AvgIpc) is 3.08. The molecule has 1 saturated heterocycles. The van der Waals surface area contributed by atoms with Crippen LogP contribution in [0.5, 0.6) is 0 Å². The van der Waals surface area contributed by atoms with E-state index < -0.39 is 0 Å². The summed E-state index contributed by atoms with van der Waals surface area (Å²) in [6.45, 7) is 7.69. The van der Waals surface area contributed by atoms with Gasteiger partial charge in [-0.3, -0.25) is 9.69 Å².